The van der Waals surface area contributed by atoms with E-state index in [1.54, 1.807) is 6.07 Å². The molecule has 2 rings (SSSR count). The van der Waals surface area contributed by atoms with Crippen LogP contribution >= 0.6 is 0 Å². The van der Waals surface area contributed by atoms with Gasteiger partial charge >= 0.3 is 5.97 Å². The fraction of sp³-hybridized carbons (Fsp3) is 0.300. The highest BCUT2D eigenvalue weighted by molar-refractivity contribution is 5.76. The molecule has 1 aliphatic rings. The molecule has 4 N–H and O–H groups in total. The Morgan fingerprint density at radius 1 is 1.57 bits per heavy atom. The molecule has 0 saturated heterocycles. The van der Waals surface area contributed by atoms with Gasteiger partial charge in [0.05, 0.1) is 0 Å². The summed E-state index contributed by atoms with van der Waals surface area (Å²) >= 11 is 0. The number of hydrogen-bond acceptors (Lipinski definition) is 3. The molecule has 1 heterocycles. The highest BCUT2D eigenvalue weighted by Crippen LogP contribution is 2.25. The van der Waals surface area contributed by atoms with Gasteiger partial charge in [-0.25, -0.2) is 0 Å². The summed E-state index contributed by atoms with van der Waals surface area (Å²) in [5.74, 6) is -0.990. The summed E-state index contributed by atoms with van der Waals surface area (Å²) in [6, 6.07) is 4.60. The minimum Gasteiger partial charge on any atom is -0.480 e. The van der Waals surface area contributed by atoms with E-state index in [9.17, 15) is 4.79 Å². The van der Waals surface area contributed by atoms with E-state index < -0.39 is 12.0 Å². The maximum atomic E-state index is 10.7. The lowest BCUT2D eigenvalue weighted by atomic mass is 10.0. The zero-order chi connectivity index (χ0) is 10.1. The third-order valence-corrected chi connectivity index (χ3v) is 2.46. The summed E-state index contributed by atoms with van der Waals surface area (Å²) in [6.07, 6.45) is 0.940. The number of rotatable bonds is 2. The fourth-order valence-electron chi connectivity index (χ4n) is 1.66. The first-order chi connectivity index (χ1) is 6.68. The van der Waals surface area contributed by atoms with E-state index >= 15 is 0 Å². The summed E-state index contributed by atoms with van der Waals surface area (Å²) in [6.45, 7) is 0.918. The van der Waals surface area contributed by atoms with Crippen molar-refractivity contribution in [3.8, 4) is 0 Å². The standard InChI is InChI=1S/C10H12N2O2/c11-9(10(13)14)7-1-2-8-6(5-7)3-4-12-8/h1-2,5,9,12H,3-4,11H2,(H,13,14)/t9-/m1/s1. The summed E-state index contributed by atoms with van der Waals surface area (Å²) in [4.78, 5) is 10.7. The SMILES string of the molecule is N[C@@H](C(=O)O)c1ccc2c(c1)CCN2. The molecule has 1 aliphatic heterocycles. The van der Waals surface area contributed by atoms with Crippen molar-refractivity contribution in [2.24, 2.45) is 5.73 Å². The highest BCUT2D eigenvalue weighted by Gasteiger charge is 2.17. The maximum absolute atomic E-state index is 10.7. The summed E-state index contributed by atoms with van der Waals surface area (Å²) in [5.41, 5.74) is 8.42. The minimum atomic E-state index is -0.990. The van der Waals surface area contributed by atoms with E-state index in [-0.39, 0.29) is 0 Å². The molecule has 4 nitrogen and oxygen atoms in total. The first-order valence-corrected chi connectivity index (χ1v) is 4.53. The Hall–Kier alpha value is -1.55. The van der Waals surface area contributed by atoms with Gasteiger partial charge in [0.2, 0.25) is 0 Å². The molecule has 0 saturated carbocycles. The van der Waals surface area contributed by atoms with Crippen LogP contribution in [0, 0.1) is 0 Å². The minimum absolute atomic E-state index is 0.667. The Labute approximate surface area is 81.7 Å². The Morgan fingerprint density at radius 3 is 3.07 bits per heavy atom. The molecule has 14 heavy (non-hydrogen) atoms. The monoisotopic (exact) mass is 192 g/mol. The van der Waals surface area contributed by atoms with Gasteiger partial charge in [0.25, 0.3) is 0 Å². The average Bonchev–Trinajstić information content (AvgIpc) is 2.62. The van der Waals surface area contributed by atoms with E-state index in [1.165, 1.54) is 0 Å². The second-order valence-electron chi connectivity index (χ2n) is 3.41. The lowest BCUT2D eigenvalue weighted by Gasteiger charge is -2.08. The number of anilines is 1. The number of nitrogens with one attached hydrogen (secondary N) is 1. The van der Waals surface area contributed by atoms with Crippen molar-refractivity contribution >= 4 is 11.7 Å². The van der Waals surface area contributed by atoms with Gasteiger partial charge in [0.15, 0.2) is 0 Å². The zero-order valence-electron chi connectivity index (χ0n) is 7.66. The molecule has 4 heteroatoms. The summed E-state index contributed by atoms with van der Waals surface area (Å²) in [5, 5.41) is 12.0. The quantitative estimate of drug-likeness (QED) is 0.646. The van der Waals surface area contributed by atoms with Gasteiger partial charge in [0.1, 0.15) is 6.04 Å². The highest BCUT2D eigenvalue weighted by atomic mass is 16.4. The van der Waals surface area contributed by atoms with Crippen LogP contribution in [-0.2, 0) is 11.2 Å². The van der Waals surface area contributed by atoms with E-state index in [1.807, 2.05) is 12.1 Å². The maximum Gasteiger partial charge on any atom is 0.325 e. The molecule has 0 aliphatic carbocycles. The predicted octanol–water partition coefficient (Wildman–Crippen LogP) is 0.739. The van der Waals surface area contributed by atoms with Gasteiger partial charge in [-0.05, 0) is 23.6 Å². The van der Waals surface area contributed by atoms with E-state index in [0.29, 0.717) is 5.56 Å². The van der Waals surface area contributed by atoms with Crippen molar-refractivity contribution in [1.82, 2.24) is 0 Å². The molecular weight excluding hydrogens is 180 g/mol. The van der Waals surface area contributed by atoms with Crippen LogP contribution in [0.1, 0.15) is 17.2 Å². The lowest BCUT2D eigenvalue weighted by molar-refractivity contribution is -0.138. The summed E-state index contributed by atoms with van der Waals surface area (Å²) < 4.78 is 0. The first kappa shape index (κ1) is 9.02. The molecule has 0 spiro atoms. The van der Waals surface area contributed by atoms with Crippen LogP contribution < -0.4 is 11.1 Å². The number of benzene rings is 1. The van der Waals surface area contributed by atoms with Crippen molar-refractivity contribution in [3.05, 3.63) is 29.3 Å². The van der Waals surface area contributed by atoms with E-state index in [2.05, 4.69) is 5.32 Å². The Morgan fingerprint density at radius 2 is 2.36 bits per heavy atom. The average molecular weight is 192 g/mol. The Bertz CT molecular complexity index is 376. The van der Waals surface area contributed by atoms with Gasteiger partial charge in [-0.3, -0.25) is 4.79 Å². The van der Waals surface area contributed by atoms with Crippen molar-refractivity contribution in [1.29, 1.82) is 0 Å². The molecule has 0 bridgehead atoms. The third kappa shape index (κ3) is 1.44. The van der Waals surface area contributed by atoms with Crippen LogP contribution in [0.4, 0.5) is 5.69 Å². The molecule has 0 radical (unpaired) electrons. The molecule has 0 fully saturated rings. The van der Waals surface area contributed by atoms with Gasteiger partial charge < -0.3 is 16.2 Å². The summed E-state index contributed by atoms with van der Waals surface area (Å²) in [7, 11) is 0. The van der Waals surface area contributed by atoms with Gasteiger partial charge in [-0.15, -0.1) is 0 Å². The van der Waals surface area contributed by atoms with Crippen molar-refractivity contribution in [2.45, 2.75) is 12.5 Å². The van der Waals surface area contributed by atoms with Crippen LogP contribution in [0.2, 0.25) is 0 Å². The second-order valence-corrected chi connectivity index (χ2v) is 3.41. The van der Waals surface area contributed by atoms with Crippen LogP contribution in [-0.4, -0.2) is 17.6 Å². The third-order valence-electron chi connectivity index (χ3n) is 2.46. The lowest BCUT2D eigenvalue weighted by Crippen LogP contribution is -2.20. The van der Waals surface area contributed by atoms with Crippen LogP contribution in [0.5, 0.6) is 0 Å². The van der Waals surface area contributed by atoms with Crippen LogP contribution in [0.3, 0.4) is 0 Å². The molecule has 0 aromatic heterocycles. The van der Waals surface area contributed by atoms with Crippen molar-refractivity contribution < 1.29 is 9.90 Å². The number of carboxylic acid groups (broad SMARTS) is 1. The largest absolute Gasteiger partial charge is 0.480 e. The van der Waals surface area contributed by atoms with E-state index in [4.69, 9.17) is 10.8 Å². The molecule has 0 unspecified atom stereocenters. The molecule has 1 aromatic carbocycles. The molecule has 1 aromatic rings. The fourth-order valence-corrected chi connectivity index (χ4v) is 1.66. The normalized spacial score (nSPS) is 15.8. The Balaban J connectivity index is 2.33. The van der Waals surface area contributed by atoms with Crippen LogP contribution in [0.15, 0.2) is 18.2 Å². The van der Waals surface area contributed by atoms with Gasteiger partial charge in [-0.1, -0.05) is 12.1 Å². The number of aliphatic carboxylic acids is 1. The van der Waals surface area contributed by atoms with Gasteiger partial charge in [-0.2, -0.15) is 0 Å². The molecule has 0 amide bonds. The molecule has 74 valence electrons. The number of carbonyl (C=O) groups is 1. The van der Waals surface area contributed by atoms with Crippen molar-refractivity contribution in [2.75, 3.05) is 11.9 Å². The predicted molar refractivity (Wildman–Crippen MR) is 53.2 cm³/mol. The Kier molecular flexibility index (Phi) is 2.13. The van der Waals surface area contributed by atoms with E-state index in [0.717, 1.165) is 24.2 Å². The molecule has 1 atom stereocenters. The number of carboxylic acids is 1. The number of hydrogen-bond donors (Lipinski definition) is 3. The van der Waals surface area contributed by atoms with Crippen LogP contribution in [0.25, 0.3) is 0 Å². The number of fused-ring (bicyclic) bond motifs is 1. The first-order valence-electron chi connectivity index (χ1n) is 4.53. The zero-order valence-corrected chi connectivity index (χ0v) is 7.66. The van der Waals surface area contributed by atoms with Crippen molar-refractivity contribution in [3.63, 3.8) is 0 Å². The second kappa shape index (κ2) is 3.31. The smallest absolute Gasteiger partial charge is 0.325 e. The molecular formula is C10H12N2O2. The van der Waals surface area contributed by atoms with Gasteiger partial charge in [0, 0.05) is 12.2 Å². The number of nitrogens with two attached hydrogens (primary N) is 1. The topological polar surface area (TPSA) is 75.4 Å².